The Kier molecular flexibility index (Phi) is 4.30. The van der Waals surface area contributed by atoms with Gasteiger partial charge in [0.2, 0.25) is 0 Å². The van der Waals surface area contributed by atoms with E-state index >= 15 is 0 Å². The Balaban J connectivity index is 1.55. The van der Waals surface area contributed by atoms with Crippen LogP contribution in [0, 0.1) is 0 Å². The van der Waals surface area contributed by atoms with Crippen LogP contribution in [-0.4, -0.2) is 32.6 Å². The number of hydrogen-bond donors (Lipinski definition) is 4. The average Bonchev–Trinajstić information content (AvgIpc) is 3.24. The van der Waals surface area contributed by atoms with E-state index in [9.17, 15) is 9.59 Å². The summed E-state index contributed by atoms with van der Waals surface area (Å²) in [6.45, 7) is 6.52. The molecule has 7 heteroatoms. The van der Waals surface area contributed by atoms with Crippen molar-refractivity contribution in [2.75, 3.05) is 6.54 Å². The minimum atomic E-state index is -0.296. The standard InChI is InChI=1S/C21H23N5O2/c1-21(2,3)14-10-16(24-18-17(14)20(28)26-25-18)19(27)22-9-8-12-11-23-15-7-5-4-6-13(12)15/h4-7,10-11,23H,8-9H2,1-3H3,(H,22,27)(H2,24,25,26,28). The third-order valence-corrected chi connectivity index (χ3v) is 4.94. The van der Waals surface area contributed by atoms with Crippen molar-refractivity contribution in [3.8, 4) is 0 Å². The van der Waals surface area contributed by atoms with E-state index in [-0.39, 0.29) is 16.9 Å². The lowest BCUT2D eigenvalue weighted by Crippen LogP contribution is -2.27. The molecule has 28 heavy (non-hydrogen) atoms. The monoisotopic (exact) mass is 377 g/mol. The topological polar surface area (TPSA) is 106 Å². The highest BCUT2D eigenvalue weighted by atomic mass is 16.2. The summed E-state index contributed by atoms with van der Waals surface area (Å²) in [5, 5.41) is 9.92. The van der Waals surface area contributed by atoms with E-state index in [2.05, 4.69) is 31.5 Å². The van der Waals surface area contributed by atoms with E-state index in [0.717, 1.165) is 22.0 Å². The molecule has 7 nitrogen and oxygen atoms in total. The summed E-state index contributed by atoms with van der Waals surface area (Å²) in [4.78, 5) is 32.4. The molecular weight excluding hydrogens is 354 g/mol. The quantitative estimate of drug-likeness (QED) is 0.439. The fraction of sp³-hybridized carbons (Fsp3) is 0.286. The molecule has 0 radical (unpaired) electrons. The molecule has 0 unspecified atom stereocenters. The number of rotatable bonds is 4. The number of carbonyl (C=O) groups is 1. The molecule has 144 valence electrons. The maximum Gasteiger partial charge on any atom is 0.273 e. The molecule has 0 saturated heterocycles. The number of aromatic amines is 3. The van der Waals surface area contributed by atoms with Gasteiger partial charge < -0.3 is 10.3 Å². The van der Waals surface area contributed by atoms with Crippen LogP contribution < -0.4 is 10.9 Å². The summed E-state index contributed by atoms with van der Waals surface area (Å²) in [7, 11) is 0. The summed E-state index contributed by atoms with van der Waals surface area (Å²) >= 11 is 0. The first-order valence-corrected chi connectivity index (χ1v) is 9.29. The Bertz CT molecular complexity index is 1220. The number of nitrogens with one attached hydrogen (secondary N) is 4. The Morgan fingerprint density at radius 2 is 1.96 bits per heavy atom. The van der Waals surface area contributed by atoms with Crippen LogP contribution in [0.5, 0.6) is 0 Å². The molecule has 0 aliphatic carbocycles. The number of carbonyl (C=O) groups excluding carboxylic acids is 1. The van der Waals surface area contributed by atoms with Crippen LogP contribution in [0.15, 0.2) is 41.3 Å². The van der Waals surface area contributed by atoms with E-state index in [1.165, 1.54) is 0 Å². The first-order valence-electron chi connectivity index (χ1n) is 9.29. The zero-order chi connectivity index (χ0) is 19.9. The average molecular weight is 377 g/mol. The van der Waals surface area contributed by atoms with Gasteiger partial charge in [-0.2, -0.15) is 0 Å². The number of nitrogens with zero attached hydrogens (tertiary/aromatic N) is 1. The molecule has 1 amide bonds. The lowest BCUT2D eigenvalue weighted by Gasteiger charge is -2.20. The number of fused-ring (bicyclic) bond motifs is 2. The highest BCUT2D eigenvalue weighted by Crippen LogP contribution is 2.27. The molecule has 0 atom stereocenters. The number of pyridine rings is 1. The second kappa shape index (κ2) is 6.67. The van der Waals surface area contributed by atoms with Crippen LogP contribution >= 0.6 is 0 Å². The molecular formula is C21H23N5O2. The van der Waals surface area contributed by atoms with Crippen molar-refractivity contribution in [3.63, 3.8) is 0 Å². The maximum atomic E-state index is 12.7. The Labute approximate surface area is 161 Å². The summed E-state index contributed by atoms with van der Waals surface area (Å²) in [5.74, 6) is -0.255. The zero-order valence-electron chi connectivity index (χ0n) is 16.1. The van der Waals surface area contributed by atoms with Crippen LogP contribution in [0.25, 0.3) is 21.9 Å². The van der Waals surface area contributed by atoms with E-state index in [1.807, 2.05) is 45.2 Å². The van der Waals surface area contributed by atoms with Crippen LogP contribution in [0.4, 0.5) is 0 Å². The largest absolute Gasteiger partial charge is 0.361 e. The van der Waals surface area contributed by atoms with Gasteiger partial charge in [-0.3, -0.25) is 19.8 Å². The molecule has 0 saturated carbocycles. The van der Waals surface area contributed by atoms with Crippen LogP contribution in [0.3, 0.4) is 0 Å². The Morgan fingerprint density at radius 1 is 1.18 bits per heavy atom. The molecule has 0 spiro atoms. The minimum absolute atomic E-state index is 0.223. The molecule has 0 aliphatic rings. The summed E-state index contributed by atoms with van der Waals surface area (Å²) in [6, 6.07) is 9.80. The van der Waals surface area contributed by atoms with E-state index in [0.29, 0.717) is 29.7 Å². The van der Waals surface area contributed by atoms with Crippen molar-refractivity contribution >= 4 is 27.8 Å². The van der Waals surface area contributed by atoms with Crippen LogP contribution in [0.1, 0.15) is 42.4 Å². The van der Waals surface area contributed by atoms with Gasteiger partial charge in [-0.1, -0.05) is 39.0 Å². The highest BCUT2D eigenvalue weighted by Gasteiger charge is 2.23. The second-order valence-corrected chi connectivity index (χ2v) is 7.97. The first-order chi connectivity index (χ1) is 13.3. The smallest absolute Gasteiger partial charge is 0.273 e. The maximum absolute atomic E-state index is 12.7. The molecule has 0 bridgehead atoms. The normalized spacial score (nSPS) is 12.0. The van der Waals surface area contributed by atoms with Gasteiger partial charge in [0, 0.05) is 23.6 Å². The van der Waals surface area contributed by atoms with Gasteiger partial charge >= 0.3 is 0 Å². The minimum Gasteiger partial charge on any atom is -0.361 e. The highest BCUT2D eigenvalue weighted by molar-refractivity contribution is 5.95. The van der Waals surface area contributed by atoms with E-state index < -0.39 is 0 Å². The third kappa shape index (κ3) is 3.19. The van der Waals surface area contributed by atoms with Gasteiger partial charge in [-0.25, -0.2) is 4.98 Å². The molecule has 3 aromatic heterocycles. The van der Waals surface area contributed by atoms with Gasteiger partial charge in [0.15, 0.2) is 5.65 Å². The number of benzene rings is 1. The number of H-pyrrole nitrogens is 3. The van der Waals surface area contributed by atoms with E-state index in [1.54, 1.807) is 6.07 Å². The zero-order valence-corrected chi connectivity index (χ0v) is 16.1. The molecule has 4 rings (SSSR count). The molecule has 4 aromatic rings. The predicted octanol–water partition coefficient (Wildman–Crippen LogP) is 3.00. The number of aromatic nitrogens is 4. The molecule has 0 fully saturated rings. The Morgan fingerprint density at radius 3 is 2.75 bits per heavy atom. The number of hydrogen-bond acceptors (Lipinski definition) is 3. The van der Waals surface area contributed by atoms with E-state index in [4.69, 9.17) is 0 Å². The lowest BCUT2D eigenvalue weighted by molar-refractivity contribution is 0.0949. The van der Waals surface area contributed by atoms with Crippen molar-refractivity contribution in [2.24, 2.45) is 0 Å². The molecule has 1 aromatic carbocycles. The molecule has 4 N–H and O–H groups in total. The van der Waals surface area contributed by atoms with Gasteiger partial charge in [-0.05, 0) is 35.1 Å². The number of para-hydroxylation sites is 1. The van der Waals surface area contributed by atoms with Crippen molar-refractivity contribution in [1.29, 1.82) is 0 Å². The lowest BCUT2D eigenvalue weighted by atomic mass is 9.85. The summed E-state index contributed by atoms with van der Waals surface area (Å²) in [5.41, 5.74) is 3.22. The second-order valence-electron chi connectivity index (χ2n) is 7.97. The fourth-order valence-corrected chi connectivity index (χ4v) is 3.49. The molecule has 0 aliphatic heterocycles. The van der Waals surface area contributed by atoms with Gasteiger partial charge in [0.05, 0.1) is 5.39 Å². The number of amides is 1. The van der Waals surface area contributed by atoms with Crippen molar-refractivity contribution in [3.05, 3.63) is 63.7 Å². The van der Waals surface area contributed by atoms with Crippen molar-refractivity contribution in [1.82, 2.24) is 25.5 Å². The SMILES string of the molecule is CC(C)(C)c1cc(C(=O)NCCc2c[nH]c3ccccc23)nc2[nH][nH]c(=O)c12. The van der Waals surface area contributed by atoms with Crippen LogP contribution in [-0.2, 0) is 11.8 Å². The summed E-state index contributed by atoms with van der Waals surface area (Å²) in [6.07, 6.45) is 2.69. The fourth-order valence-electron chi connectivity index (χ4n) is 3.49. The van der Waals surface area contributed by atoms with Gasteiger partial charge in [0.25, 0.3) is 11.5 Å². The third-order valence-electron chi connectivity index (χ3n) is 4.94. The molecule has 3 heterocycles. The Hall–Kier alpha value is -3.35. The summed E-state index contributed by atoms with van der Waals surface area (Å²) < 4.78 is 0. The van der Waals surface area contributed by atoms with Crippen molar-refractivity contribution < 1.29 is 4.79 Å². The first kappa shape index (κ1) is 18.0. The predicted molar refractivity (Wildman–Crippen MR) is 110 cm³/mol. The van der Waals surface area contributed by atoms with Crippen molar-refractivity contribution in [2.45, 2.75) is 32.6 Å². The van der Waals surface area contributed by atoms with Gasteiger partial charge in [-0.15, -0.1) is 0 Å². The van der Waals surface area contributed by atoms with Crippen LogP contribution in [0.2, 0.25) is 0 Å². The van der Waals surface area contributed by atoms with Gasteiger partial charge in [0.1, 0.15) is 5.69 Å².